The van der Waals surface area contributed by atoms with Crippen LogP contribution in [0.1, 0.15) is 108 Å². The van der Waals surface area contributed by atoms with E-state index in [9.17, 15) is 28.9 Å². The summed E-state index contributed by atoms with van der Waals surface area (Å²) in [6.45, 7) is 13.6. The van der Waals surface area contributed by atoms with E-state index in [1.165, 1.54) is 48.8 Å². The molecule has 25 heteroatoms. The van der Waals surface area contributed by atoms with Crippen molar-refractivity contribution in [3.05, 3.63) is 247 Å². The van der Waals surface area contributed by atoms with E-state index in [0.29, 0.717) is 48.8 Å². The van der Waals surface area contributed by atoms with Gasteiger partial charge >= 0.3 is 7.12 Å². The number of rotatable bonds is 20. The highest BCUT2D eigenvalue weighted by Crippen LogP contribution is 2.36. The first kappa shape index (κ1) is 72.2. The van der Waals surface area contributed by atoms with Gasteiger partial charge in [0, 0.05) is 71.7 Å². The summed E-state index contributed by atoms with van der Waals surface area (Å²) in [5, 5.41) is 54.7. The molecule has 10 rings (SSSR count). The number of carbonyl (C=O) groups is 2. The molecular weight excluding hydrogens is 1350 g/mol. The van der Waals surface area contributed by atoms with Crippen LogP contribution < -0.4 is 37.4 Å². The summed E-state index contributed by atoms with van der Waals surface area (Å²) in [4.78, 5) is 47.0. The number of amides is 2. The molecule has 0 unspecified atom stereocenters. The Morgan fingerprint density at radius 2 is 0.968 bits per heavy atom. The van der Waals surface area contributed by atoms with E-state index in [0.717, 1.165) is 53.6 Å². The Balaban J connectivity index is 0.000000207. The van der Waals surface area contributed by atoms with Crippen LogP contribution in [0.4, 0.5) is 32.1 Å². The highest BCUT2D eigenvalue weighted by atomic mass is 79.9. The van der Waals surface area contributed by atoms with Gasteiger partial charge in [-0.1, -0.05) is 84.4 Å². The van der Waals surface area contributed by atoms with Crippen molar-refractivity contribution in [1.29, 1.82) is 10.5 Å². The maximum absolute atomic E-state index is 13.3. The normalized spacial score (nSPS) is 13.0. The number of hydrogen-bond acceptors (Lipinski definition) is 17. The third-order valence-electron chi connectivity index (χ3n) is 14.7. The summed E-state index contributed by atoms with van der Waals surface area (Å²) in [6.07, 6.45) is 7.97. The maximum atomic E-state index is 13.3. The Bertz CT molecular complexity index is 3970. The lowest BCUT2D eigenvalue weighted by molar-refractivity contribution is 0.00578. The number of nitrogens with one attached hydrogen (secondary N) is 6. The lowest BCUT2D eigenvalue weighted by Gasteiger charge is -2.32. The van der Waals surface area contributed by atoms with Crippen molar-refractivity contribution in [2.75, 3.05) is 47.6 Å². The van der Waals surface area contributed by atoms with Crippen LogP contribution in [0.25, 0.3) is 11.1 Å². The van der Waals surface area contributed by atoms with Crippen LogP contribution in [0, 0.1) is 34.3 Å². The molecule has 484 valence electrons. The van der Waals surface area contributed by atoms with Crippen LogP contribution in [0.2, 0.25) is 5.15 Å². The number of aliphatic hydroxyl groups excluding tert-OH is 2. The Morgan fingerprint density at radius 1 is 0.553 bits per heavy atom. The average Bonchev–Trinajstić information content (AvgIpc) is 1.62. The average molecular weight is 1420 g/mol. The summed E-state index contributed by atoms with van der Waals surface area (Å²) < 4.78 is 40.6. The third kappa shape index (κ3) is 21.7. The van der Waals surface area contributed by atoms with E-state index in [2.05, 4.69) is 88.7 Å². The fraction of sp³-hybridized carbons (Fsp3) is 0.232. The minimum atomic E-state index is -0.439. The monoisotopic (exact) mass is 1420 g/mol. The Labute approximate surface area is 567 Å². The molecular formula is C69H69BBr2ClF2N13O6. The molecule has 5 aromatic heterocycles. The van der Waals surface area contributed by atoms with Crippen molar-refractivity contribution < 1.29 is 37.9 Å². The summed E-state index contributed by atoms with van der Waals surface area (Å²) >= 11 is 12.0. The largest absolute Gasteiger partial charge is 0.494 e. The van der Waals surface area contributed by atoms with Crippen molar-refractivity contribution in [3.8, 4) is 23.3 Å². The summed E-state index contributed by atoms with van der Waals surface area (Å²) in [7, 11) is -0.439. The van der Waals surface area contributed by atoms with E-state index >= 15 is 0 Å². The molecule has 1 aliphatic heterocycles. The van der Waals surface area contributed by atoms with Crippen LogP contribution in [-0.4, -0.2) is 91.6 Å². The third-order valence-corrected chi connectivity index (χ3v) is 15.9. The van der Waals surface area contributed by atoms with E-state index < -0.39 is 24.2 Å². The second-order valence-electron chi connectivity index (χ2n) is 22.1. The minimum Gasteiger partial charge on any atom is -0.399 e. The first-order chi connectivity index (χ1) is 45.1. The summed E-state index contributed by atoms with van der Waals surface area (Å²) in [6, 6.07) is 45.1. The second-order valence-corrected chi connectivity index (χ2v) is 24.3. The van der Waals surface area contributed by atoms with Gasteiger partial charge in [-0.25, -0.2) is 33.7 Å². The van der Waals surface area contributed by atoms with Gasteiger partial charge < -0.3 is 51.4 Å². The fourth-order valence-corrected chi connectivity index (χ4v) is 9.31. The van der Waals surface area contributed by atoms with Gasteiger partial charge in [0.05, 0.1) is 58.8 Å². The number of pyridine rings is 5. The molecule has 1 aliphatic rings. The zero-order chi connectivity index (χ0) is 67.8. The van der Waals surface area contributed by atoms with Gasteiger partial charge in [0.25, 0.3) is 11.8 Å². The zero-order valence-electron chi connectivity index (χ0n) is 52.3. The minimum absolute atomic E-state index is 0.0399. The fourth-order valence-electron chi connectivity index (χ4n) is 8.73. The molecule has 0 bridgehead atoms. The van der Waals surface area contributed by atoms with Gasteiger partial charge in [-0.2, -0.15) is 10.5 Å². The first-order valence-corrected chi connectivity index (χ1v) is 31.5. The Morgan fingerprint density at radius 3 is 1.35 bits per heavy atom. The first-order valence-electron chi connectivity index (χ1n) is 29.6. The summed E-state index contributed by atoms with van der Waals surface area (Å²) in [5.41, 5.74) is 6.56. The van der Waals surface area contributed by atoms with Gasteiger partial charge in [0.15, 0.2) is 0 Å². The molecule has 94 heavy (non-hydrogen) atoms. The number of nitrogens with zero attached hydrogens (tertiary/aromatic N) is 7. The number of anilines is 4. The number of carbonyl (C=O) groups excluding carboxylic acids is 2. The molecule has 6 heterocycles. The van der Waals surface area contributed by atoms with E-state index in [-0.39, 0.29) is 65.1 Å². The van der Waals surface area contributed by atoms with Crippen LogP contribution in [0.5, 0.6) is 0 Å². The number of benzene rings is 4. The molecule has 19 nitrogen and oxygen atoms in total. The highest BCUT2D eigenvalue weighted by molar-refractivity contribution is 9.10. The summed E-state index contributed by atoms with van der Waals surface area (Å²) in [5.74, 6) is 0.717. The van der Waals surface area contributed by atoms with Gasteiger partial charge in [-0.15, -0.1) is 0 Å². The van der Waals surface area contributed by atoms with Crippen LogP contribution in [-0.2, 0) is 22.4 Å². The molecule has 1 saturated heterocycles. The lowest BCUT2D eigenvalue weighted by Crippen LogP contribution is -2.41. The van der Waals surface area contributed by atoms with Crippen LogP contribution in [0.3, 0.4) is 0 Å². The molecule has 8 N–H and O–H groups in total. The van der Waals surface area contributed by atoms with Gasteiger partial charge in [-0.05, 0) is 179 Å². The van der Waals surface area contributed by atoms with Gasteiger partial charge in [0.2, 0.25) is 0 Å². The number of aliphatic hydroxyl groups is 2. The SMILES string of the molecule is C[C@H](NC(=O)c1cc(C#N)cnc1NCc1ccc(-c2ccc(NCCO)nc2)cc1)c1ccc(F)cc1.C[C@H](NC(=O)c1cc(C#N)cnc1NCc1ccc(B2OC(C)(C)C(C)(C)O2)cc1)c1ccc(F)cc1.Clc1ccc(Br)cn1.OCCNc1ccc(Br)cn1. The molecule has 2 atom stereocenters. The lowest BCUT2D eigenvalue weighted by atomic mass is 9.79. The van der Waals surface area contributed by atoms with Crippen molar-refractivity contribution in [2.24, 2.45) is 0 Å². The second kappa shape index (κ2) is 35.2. The standard InChI is InChI=1S/C29H27FN6O2.C28H30BFN4O3.C7H9BrN2O.C5H3BrClN/c1-19(22-6-9-25(30)10-7-22)36-29(38)26-14-21(15-31)17-35-28(26)34-16-20-2-4-23(5-3-20)24-8-11-27(33-18-24)32-12-13-37;1-18(21-8-12-23(30)13-9-21)34-26(35)24-14-20(15-31)17-33-25(24)32-16-19-6-10-22(11-7-19)29-36-27(2,3)28(4,5)37-29;8-6-1-2-7(10-5-6)9-3-4-11;6-4-1-2-5(7)8-3-4/h2-11,14,17-19,37H,12-13,16H2,1H3,(H,32,33)(H,34,35)(H,36,38);6-14,17-18H,16H2,1-5H3,(H,32,33)(H,34,35);1-2,5,11H,3-4H2,(H,9,10);1-3H/t19-;18-;;/m00../s1. The predicted octanol–water partition coefficient (Wildman–Crippen LogP) is 12.9. The zero-order valence-corrected chi connectivity index (χ0v) is 56.2. The van der Waals surface area contributed by atoms with Crippen LogP contribution in [0.15, 0.2) is 186 Å². The number of hydrogen-bond donors (Lipinski definition) is 8. The van der Waals surface area contributed by atoms with Gasteiger partial charge in [0.1, 0.15) is 52.2 Å². The molecule has 0 radical (unpaired) electrons. The molecule has 9 aromatic rings. The molecule has 0 aliphatic carbocycles. The van der Waals surface area contributed by atoms with Gasteiger partial charge in [-0.3, -0.25) is 9.59 Å². The van der Waals surface area contributed by atoms with Crippen LogP contribution >= 0.6 is 43.5 Å². The number of aromatic nitrogens is 5. The quantitative estimate of drug-likeness (QED) is 0.0260. The smallest absolute Gasteiger partial charge is 0.399 e. The predicted molar refractivity (Wildman–Crippen MR) is 369 cm³/mol. The maximum Gasteiger partial charge on any atom is 0.494 e. The van der Waals surface area contributed by atoms with Crippen molar-refractivity contribution >= 4 is 91.1 Å². The Kier molecular flexibility index (Phi) is 27.0. The van der Waals surface area contributed by atoms with E-state index in [1.54, 1.807) is 62.8 Å². The molecule has 4 aromatic carbocycles. The molecule has 0 saturated carbocycles. The van der Waals surface area contributed by atoms with E-state index in [4.69, 9.17) is 31.1 Å². The van der Waals surface area contributed by atoms with Crippen molar-refractivity contribution in [2.45, 2.75) is 77.9 Å². The highest BCUT2D eigenvalue weighted by Gasteiger charge is 2.51. The van der Waals surface area contributed by atoms with E-state index in [1.807, 2.05) is 119 Å². The molecule has 2 amide bonds. The topological polar surface area (TPSA) is 277 Å². The number of halogens is 5. The van der Waals surface area contributed by atoms with Crippen molar-refractivity contribution in [3.63, 3.8) is 0 Å². The number of nitriles is 2. The Hall–Kier alpha value is -9.24. The molecule has 0 spiro atoms. The molecule has 1 fully saturated rings. The van der Waals surface area contributed by atoms with Crippen molar-refractivity contribution in [1.82, 2.24) is 35.6 Å².